The van der Waals surface area contributed by atoms with Crippen LogP contribution in [-0.4, -0.2) is 50.6 Å². The van der Waals surface area contributed by atoms with E-state index in [9.17, 15) is 19.2 Å². The van der Waals surface area contributed by atoms with Crippen molar-refractivity contribution >= 4 is 62.2 Å². The highest BCUT2D eigenvalue weighted by atomic mass is 16.5. The minimum absolute atomic E-state index is 0.0403. The van der Waals surface area contributed by atoms with Crippen molar-refractivity contribution in [2.75, 3.05) is 23.5 Å². The Bertz CT molecular complexity index is 2910. The second-order valence-corrected chi connectivity index (χ2v) is 15.7. The number of ether oxygens (including phenoxy) is 1. The molecule has 0 saturated heterocycles. The van der Waals surface area contributed by atoms with Gasteiger partial charge in [0.15, 0.2) is 0 Å². The van der Waals surface area contributed by atoms with Gasteiger partial charge in [0.25, 0.3) is 11.8 Å². The zero-order valence-corrected chi connectivity index (χ0v) is 35.0. The van der Waals surface area contributed by atoms with E-state index in [1.165, 1.54) is 7.11 Å². The van der Waals surface area contributed by atoms with Gasteiger partial charge in [-0.15, -0.1) is 0 Å². The van der Waals surface area contributed by atoms with Crippen LogP contribution in [0.25, 0.3) is 21.5 Å². The number of amides is 2. The molecule has 0 spiro atoms. The van der Waals surface area contributed by atoms with Crippen molar-refractivity contribution < 1.29 is 23.9 Å². The fourth-order valence-electron chi connectivity index (χ4n) is 7.61. The van der Waals surface area contributed by atoms with Crippen molar-refractivity contribution in [3.63, 3.8) is 0 Å². The molecule has 4 heterocycles. The summed E-state index contributed by atoms with van der Waals surface area (Å²) in [6.07, 6.45) is 15.9. The number of rotatable bonds is 10. The van der Waals surface area contributed by atoms with Gasteiger partial charge in [0, 0.05) is 101 Å². The van der Waals surface area contributed by atoms with Gasteiger partial charge in [-0.1, -0.05) is 48.5 Å². The number of nitrogens with one attached hydrogen (secondary N) is 2. The molecule has 318 valence electrons. The lowest BCUT2D eigenvalue weighted by Crippen LogP contribution is -2.11. The van der Waals surface area contributed by atoms with Gasteiger partial charge < -0.3 is 21.1 Å². The highest BCUT2D eigenvalue weighted by Gasteiger charge is 2.45. The summed E-state index contributed by atoms with van der Waals surface area (Å²) < 4.78 is 4.75. The number of methoxy groups -OCH3 is 1. The summed E-state index contributed by atoms with van der Waals surface area (Å²) in [5.41, 5.74) is 12.2. The number of Topliss-reactive ketones (excluding diaryl/α,β-unsaturated/α-hetero) is 1. The van der Waals surface area contributed by atoms with E-state index in [2.05, 4.69) is 36.6 Å². The Labute approximate surface area is 370 Å². The number of fused-ring (bicyclic) bond motifs is 2. The molecule has 4 N–H and O–H groups in total. The van der Waals surface area contributed by atoms with Gasteiger partial charge in [-0.05, 0) is 125 Å². The van der Waals surface area contributed by atoms with Crippen molar-refractivity contribution in [3.05, 3.63) is 199 Å². The molecule has 2 amide bonds. The monoisotopic (exact) mass is 847 g/mol. The first-order valence-electron chi connectivity index (χ1n) is 20.9. The van der Waals surface area contributed by atoms with E-state index in [4.69, 9.17) is 10.5 Å². The lowest BCUT2D eigenvalue weighted by Gasteiger charge is -2.06. The summed E-state index contributed by atoms with van der Waals surface area (Å²) in [5.74, 6) is 0.263. The predicted octanol–water partition coefficient (Wildman–Crippen LogP) is 9.22. The van der Waals surface area contributed by atoms with Crippen LogP contribution in [0.3, 0.4) is 0 Å². The van der Waals surface area contributed by atoms with E-state index < -0.39 is 0 Å². The van der Waals surface area contributed by atoms with Crippen LogP contribution in [-0.2, 0) is 20.7 Å². The molecule has 10 rings (SSSR count). The Morgan fingerprint density at radius 3 is 1.55 bits per heavy atom. The molecule has 4 aromatic carbocycles. The van der Waals surface area contributed by atoms with Crippen LogP contribution in [0.15, 0.2) is 171 Å². The molecule has 2 fully saturated rings. The Balaban J connectivity index is 0.000000147. The minimum Gasteiger partial charge on any atom is -0.469 e. The Morgan fingerprint density at radius 1 is 0.547 bits per heavy atom. The van der Waals surface area contributed by atoms with Crippen molar-refractivity contribution in [2.45, 2.75) is 31.1 Å². The fourth-order valence-corrected chi connectivity index (χ4v) is 7.61. The number of ketones is 1. The molecular formula is C52H45N7O5. The summed E-state index contributed by atoms with van der Waals surface area (Å²) >= 11 is 0. The molecule has 2 saturated carbocycles. The molecule has 4 aromatic heterocycles. The summed E-state index contributed by atoms with van der Waals surface area (Å²) in [5, 5.41) is 10.1. The molecule has 0 radical (unpaired) electrons. The largest absolute Gasteiger partial charge is 0.469 e. The molecule has 12 heteroatoms. The third-order valence-electron chi connectivity index (χ3n) is 11.3. The topological polar surface area (TPSA) is 179 Å². The van der Waals surface area contributed by atoms with E-state index in [1.807, 2.05) is 91.3 Å². The lowest BCUT2D eigenvalue weighted by molar-refractivity contribution is -0.142. The Kier molecular flexibility index (Phi) is 13.1. The number of carbonyl (C=O) groups excluding carboxylic acids is 4. The predicted molar refractivity (Wildman–Crippen MR) is 248 cm³/mol. The number of benzene rings is 4. The van der Waals surface area contributed by atoms with Crippen molar-refractivity contribution in [1.29, 1.82) is 0 Å². The first kappa shape index (κ1) is 42.6. The smallest absolute Gasteiger partial charge is 0.309 e. The fraction of sp³-hybridized carbons (Fsp3) is 0.154. The maximum atomic E-state index is 12.8. The number of hydrogen-bond acceptors (Lipinski definition) is 10. The van der Waals surface area contributed by atoms with Gasteiger partial charge in [-0.25, -0.2) is 0 Å². The molecule has 0 aliphatic heterocycles. The Hall–Kier alpha value is -8.12. The molecule has 64 heavy (non-hydrogen) atoms. The highest BCUT2D eigenvalue weighted by molar-refractivity contribution is 6.05. The molecule has 0 bridgehead atoms. The molecule has 4 unspecified atom stereocenters. The van der Waals surface area contributed by atoms with E-state index in [1.54, 1.807) is 73.6 Å². The first-order chi connectivity index (χ1) is 31.2. The number of esters is 1. The zero-order chi connectivity index (χ0) is 44.4. The zero-order valence-electron chi connectivity index (χ0n) is 35.0. The second-order valence-electron chi connectivity index (χ2n) is 15.7. The van der Waals surface area contributed by atoms with Crippen LogP contribution < -0.4 is 16.4 Å². The standard InChI is InChI=1S/C26H21N3O2.C17H16N2O3.C9H8N2/c30-25(14-17-1-2-21-16-28-10-7-20(21)13-17)24-15-23(24)18-3-5-19(6-4-18)26(31)29-22-8-11-27-12-9-22;1-22-17(21)15-10-14(15)11-2-4-12(5-3-11)16(20)19-13-6-8-18-9-7-13;10-9-2-1-8-6-11-4-3-7(8)5-9/h1-13,16,23-24H,14-15H2,(H,27,29,31);2-9,14-15H,10H2,1H3,(H,18,19,20);1-6H,10H2. The van der Waals surface area contributed by atoms with Gasteiger partial charge in [-0.3, -0.25) is 39.1 Å². The molecule has 8 aromatic rings. The van der Waals surface area contributed by atoms with E-state index in [0.29, 0.717) is 28.9 Å². The average molecular weight is 848 g/mol. The lowest BCUT2D eigenvalue weighted by atomic mass is 10.00. The van der Waals surface area contributed by atoms with Crippen LogP contribution >= 0.6 is 0 Å². The Morgan fingerprint density at radius 2 is 1.02 bits per heavy atom. The van der Waals surface area contributed by atoms with Crippen LogP contribution in [0.2, 0.25) is 0 Å². The number of pyridine rings is 4. The maximum absolute atomic E-state index is 12.8. The molecule has 4 atom stereocenters. The third kappa shape index (κ3) is 10.8. The number of carbonyl (C=O) groups is 4. The van der Waals surface area contributed by atoms with Crippen molar-refractivity contribution in [2.24, 2.45) is 11.8 Å². The number of nitrogen functional groups attached to an aromatic ring is 1. The molecule has 12 nitrogen and oxygen atoms in total. The first-order valence-corrected chi connectivity index (χ1v) is 20.9. The van der Waals surface area contributed by atoms with Crippen LogP contribution in [0.1, 0.15) is 62.1 Å². The van der Waals surface area contributed by atoms with Crippen LogP contribution in [0.5, 0.6) is 0 Å². The molecular weight excluding hydrogens is 803 g/mol. The van der Waals surface area contributed by atoms with E-state index in [0.717, 1.165) is 56.8 Å². The van der Waals surface area contributed by atoms with Gasteiger partial charge in [0.05, 0.1) is 13.0 Å². The van der Waals surface area contributed by atoms with Gasteiger partial charge in [-0.2, -0.15) is 0 Å². The van der Waals surface area contributed by atoms with Crippen LogP contribution in [0, 0.1) is 11.8 Å². The summed E-state index contributed by atoms with van der Waals surface area (Å²) in [7, 11) is 1.41. The van der Waals surface area contributed by atoms with Crippen molar-refractivity contribution in [3.8, 4) is 0 Å². The van der Waals surface area contributed by atoms with Gasteiger partial charge in [0.1, 0.15) is 5.78 Å². The average Bonchev–Trinajstić information content (AvgIpc) is 4.28. The van der Waals surface area contributed by atoms with Gasteiger partial charge >= 0.3 is 5.97 Å². The van der Waals surface area contributed by atoms with E-state index in [-0.39, 0.29) is 47.2 Å². The summed E-state index contributed by atoms with van der Waals surface area (Å²) in [4.78, 5) is 64.7. The molecule has 2 aliphatic rings. The quantitative estimate of drug-likeness (QED) is 0.0887. The SMILES string of the molecule is COC(=O)C1CC1c1ccc(C(=O)Nc2ccncc2)cc1.Nc1ccc2cnccc2c1.O=C(Nc1ccncc1)c1ccc(C2CC2C(=O)Cc2ccc3cnccc3c2)cc1. The number of nitrogens with two attached hydrogens (primary N) is 1. The number of hydrogen-bond donors (Lipinski definition) is 3. The number of aromatic nitrogens is 4. The minimum atomic E-state index is -0.168. The normalized spacial score (nSPS) is 16.8. The van der Waals surface area contributed by atoms with Crippen LogP contribution in [0.4, 0.5) is 17.1 Å². The summed E-state index contributed by atoms with van der Waals surface area (Å²) in [6.45, 7) is 0. The number of nitrogens with zero attached hydrogens (tertiary/aromatic N) is 4. The third-order valence-corrected chi connectivity index (χ3v) is 11.3. The van der Waals surface area contributed by atoms with Gasteiger partial charge in [0.2, 0.25) is 0 Å². The van der Waals surface area contributed by atoms with E-state index >= 15 is 0 Å². The maximum Gasteiger partial charge on any atom is 0.309 e. The number of anilines is 3. The second kappa shape index (κ2) is 19.7. The highest BCUT2D eigenvalue weighted by Crippen LogP contribution is 2.49. The summed E-state index contributed by atoms with van der Waals surface area (Å²) in [6, 6.07) is 37.7. The molecule has 2 aliphatic carbocycles. The van der Waals surface area contributed by atoms with Crippen molar-refractivity contribution in [1.82, 2.24) is 19.9 Å².